The van der Waals surface area contributed by atoms with Crippen molar-refractivity contribution in [2.24, 2.45) is 5.73 Å². The van der Waals surface area contributed by atoms with Crippen LogP contribution in [0, 0.1) is 0 Å². The largest absolute Gasteiger partial charge is 0.410 e. The summed E-state index contributed by atoms with van der Waals surface area (Å²) < 4.78 is 0. The van der Waals surface area contributed by atoms with Crippen molar-refractivity contribution in [2.75, 3.05) is 7.05 Å². The maximum atomic E-state index is 4.98. The fourth-order valence-corrected chi connectivity index (χ4v) is 0.167. The first-order valence-electron chi connectivity index (χ1n) is 1.65. The van der Waals surface area contributed by atoms with E-state index in [4.69, 9.17) is 13.6 Å². The van der Waals surface area contributed by atoms with E-state index in [-0.39, 0.29) is 0 Å². The van der Waals surface area contributed by atoms with Gasteiger partial charge in [0.15, 0.2) is 0 Å². The van der Waals surface area contributed by atoms with Gasteiger partial charge in [-0.1, -0.05) is 0 Å². The van der Waals surface area contributed by atoms with Crippen molar-refractivity contribution in [2.45, 2.75) is 0 Å². The van der Waals surface area contributed by atoms with Gasteiger partial charge in [0.2, 0.25) is 0 Å². The van der Waals surface area contributed by atoms with E-state index in [1.165, 1.54) is 6.20 Å². The second kappa shape index (κ2) is 2.63. The van der Waals surface area contributed by atoms with E-state index in [1.807, 2.05) is 0 Å². The SMILES string of the molecule is [B]/C(N)=C/NC. The fourth-order valence-electron chi connectivity index (χ4n) is 0.167. The van der Waals surface area contributed by atoms with E-state index in [9.17, 15) is 0 Å². The van der Waals surface area contributed by atoms with Gasteiger partial charge in [0, 0.05) is 13.2 Å². The van der Waals surface area contributed by atoms with Gasteiger partial charge < -0.3 is 11.1 Å². The van der Waals surface area contributed by atoms with Crippen LogP contribution in [0.2, 0.25) is 0 Å². The summed E-state index contributed by atoms with van der Waals surface area (Å²) in [5.74, 6) is 0. The first-order valence-corrected chi connectivity index (χ1v) is 1.65. The third kappa shape index (κ3) is 3.40. The number of hydrogen-bond acceptors (Lipinski definition) is 2. The van der Waals surface area contributed by atoms with Gasteiger partial charge in [-0.05, 0) is 5.60 Å². The highest BCUT2D eigenvalue weighted by Gasteiger charge is 1.65. The minimum absolute atomic E-state index is 0.303. The van der Waals surface area contributed by atoms with Gasteiger partial charge in [0.05, 0.1) is 0 Å². The van der Waals surface area contributed by atoms with E-state index in [0.29, 0.717) is 5.60 Å². The summed E-state index contributed by atoms with van der Waals surface area (Å²) in [6, 6.07) is 0. The molecule has 0 amide bonds. The molecule has 0 aliphatic rings. The molecule has 3 heteroatoms. The Bertz CT molecular complexity index is 55.8. The second-order valence-corrected chi connectivity index (χ2v) is 0.933. The predicted molar refractivity (Wildman–Crippen MR) is 27.1 cm³/mol. The molecule has 0 saturated carbocycles. The normalized spacial score (nSPS) is 11.2. The Morgan fingerprint density at radius 3 is 2.50 bits per heavy atom. The van der Waals surface area contributed by atoms with Crippen molar-refractivity contribution in [1.29, 1.82) is 0 Å². The Kier molecular flexibility index (Phi) is 2.37. The fraction of sp³-hybridized carbons (Fsp3) is 0.333. The minimum atomic E-state index is 0.303. The lowest BCUT2D eigenvalue weighted by molar-refractivity contribution is 1.09. The van der Waals surface area contributed by atoms with Gasteiger partial charge in [0.25, 0.3) is 0 Å². The van der Waals surface area contributed by atoms with Crippen LogP contribution in [0.25, 0.3) is 0 Å². The van der Waals surface area contributed by atoms with Crippen molar-refractivity contribution < 1.29 is 0 Å². The molecule has 6 heavy (non-hydrogen) atoms. The van der Waals surface area contributed by atoms with E-state index in [1.54, 1.807) is 7.05 Å². The average Bonchev–Trinajstić information content (AvgIpc) is 1.35. The summed E-state index contributed by atoms with van der Waals surface area (Å²) in [6.07, 6.45) is 1.51. The molecule has 0 aromatic carbocycles. The first-order chi connectivity index (χ1) is 2.77. The van der Waals surface area contributed by atoms with Crippen molar-refractivity contribution in [3.63, 3.8) is 0 Å². The zero-order valence-corrected chi connectivity index (χ0v) is 3.73. The molecule has 0 fully saturated rings. The summed E-state index contributed by atoms with van der Waals surface area (Å²) in [5.41, 5.74) is 5.28. The molecular weight excluding hydrogens is 74.9 g/mol. The Morgan fingerprint density at radius 2 is 2.50 bits per heavy atom. The van der Waals surface area contributed by atoms with E-state index < -0.39 is 0 Å². The van der Waals surface area contributed by atoms with E-state index in [0.717, 1.165) is 0 Å². The van der Waals surface area contributed by atoms with Crippen LogP contribution in [0.4, 0.5) is 0 Å². The van der Waals surface area contributed by atoms with Crippen LogP contribution in [-0.2, 0) is 0 Å². The third-order valence-corrected chi connectivity index (χ3v) is 0.311. The lowest BCUT2D eigenvalue weighted by atomic mass is 10.1. The third-order valence-electron chi connectivity index (χ3n) is 0.311. The Hall–Kier alpha value is -0.595. The highest BCUT2D eigenvalue weighted by Crippen LogP contribution is 1.61. The molecule has 0 heterocycles. The molecule has 0 bridgehead atoms. The lowest BCUT2D eigenvalue weighted by Crippen LogP contribution is -2.02. The van der Waals surface area contributed by atoms with Crippen LogP contribution < -0.4 is 11.1 Å². The van der Waals surface area contributed by atoms with Crippen LogP contribution in [0.3, 0.4) is 0 Å². The molecule has 0 unspecified atom stereocenters. The van der Waals surface area contributed by atoms with Gasteiger partial charge in [-0.3, -0.25) is 0 Å². The molecule has 0 saturated heterocycles. The zero-order valence-electron chi connectivity index (χ0n) is 3.73. The summed E-state index contributed by atoms with van der Waals surface area (Å²) >= 11 is 0. The molecule has 0 aromatic rings. The Labute approximate surface area is 38.8 Å². The van der Waals surface area contributed by atoms with Gasteiger partial charge in [-0.2, -0.15) is 0 Å². The number of nitrogens with one attached hydrogen (secondary N) is 1. The smallest absolute Gasteiger partial charge is 0.139 e. The molecule has 0 rings (SSSR count). The lowest BCUT2D eigenvalue weighted by Gasteiger charge is -1.86. The molecule has 2 radical (unpaired) electrons. The summed E-state index contributed by atoms with van der Waals surface area (Å²) in [7, 11) is 6.72. The van der Waals surface area contributed by atoms with Crippen LogP contribution in [-0.4, -0.2) is 14.9 Å². The molecule has 0 spiro atoms. The Morgan fingerprint density at radius 1 is 2.00 bits per heavy atom. The van der Waals surface area contributed by atoms with Gasteiger partial charge in [0.1, 0.15) is 7.85 Å². The highest BCUT2D eigenvalue weighted by molar-refractivity contribution is 6.20. The van der Waals surface area contributed by atoms with Gasteiger partial charge in [-0.15, -0.1) is 0 Å². The zero-order chi connectivity index (χ0) is 4.99. The van der Waals surface area contributed by atoms with Crippen LogP contribution >= 0.6 is 0 Å². The molecule has 32 valence electrons. The topological polar surface area (TPSA) is 38.0 Å². The summed E-state index contributed by atoms with van der Waals surface area (Å²) in [5, 5.41) is 2.66. The minimum Gasteiger partial charge on any atom is -0.410 e. The molecule has 0 aliphatic heterocycles. The molecule has 2 nitrogen and oxygen atoms in total. The molecule has 0 aromatic heterocycles. The highest BCUT2D eigenvalue weighted by atomic mass is 14.8. The monoisotopic (exact) mass is 82.1 g/mol. The van der Waals surface area contributed by atoms with E-state index in [2.05, 4.69) is 5.32 Å². The summed E-state index contributed by atoms with van der Waals surface area (Å²) in [4.78, 5) is 0. The van der Waals surface area contributed by atoms with Crippen molar-refractivity contribution in [3.05, 3.63) is 11.8 Å². The van der Waals surface area contributed by atoms with Crippen molar-refractivity contribution in [3.8, 4) is 0 Å². The van der Waals surface area contributed by atoms with Crippen LogP contribution in [0.5, 0.6) is 0 Å². The molecule has 0 atom stereocenters. The van der Waals surface area contributed by atoms with Crippen molar-refractivity contribution >= 4 is 7.85 Å². The standard InChI is InChI=1S/C3H7BN2/c1-6-2-3(4)5/h2,6H,5H2,1H3/b3-2-. The predicted octanol–water partition coefficient (Wildman–Crippen LogP) is -0.868. The second-order valence-electron chi connectivity index (χ2n) is 0.933. The van der Waals surface area contributed by atoms with Gasteiger partial charge >= 0.3 is 0 Å². The van der Waals surface area contributed by atoms with Gasteiger partial charge in [-0.25, -0.2) is 0 Å². The molecule has 0 aliphatic carbocycles. The van der Waals surface area contributed by atoms with Crippen LogP contribution in [0.15, 0.2) is 11.8 Å². The van der Waals surface area contributed by atoms with E-state index >= 15 is 0 Å². The number of nitrogens with two attached hydrogens (primary N) is 1. The average molecular weight is 81.9 g/mol. The Balaban J connectivity index is 3.14. The van der Waals surface area contributed by atoms with Crippen molar-refractivity contribution in [1.82, 2.24) is 5.32 Å². The maximum absolute atomic E-state index is 4.98. The number of hydrogen-bond donors (Lipinski definition) is 2. The first kappa shape index (κ1) is 5.40. The number of rotatable bonds is 1. The molecule has 3 N–H and O–H groups in total. The van der Waals surface area contributed by atoms with Crippen LogP contribution in [0.1, 0.15) is 0 Å². The molecular formula is C3H7BN2. The quantitative estimate of drug-likeness (QED) is 0.403. The summed E-state index contributed by atoms with van der Waals surface area (Å²) in [6.45, 7) is 0. The maximum Gasteiger partial charge on any atom is 0.139 e.